The number of nitriles is 1. The second-order valence-electron chi connectivity index (χ2n) is 3.85. The summed E-state index contributed by atoms with van der Waals surface area (Å²) >= 11 is 0. The highest BCUT2D eigenvalue weighted by Gasteiger charge is 2.13. The SMILES string of the molecule is N#Cc1ccc(OC(CN)c2ccccn2)cc1F. The van der Waals surface area contributed by atoms with Gasteiger partial charge in [-0.2, -0.15) is 5.26 Å². The zero-order valence-electron chi connectivity index (χ0n) is 10.1. The number of aromatic nitrogens is 1. The van der Waals surface area contributed by atoms with E-state index in [1.54, 1.807) is 24.4 Å². The molecule has 0 bridgehead atoms. The molecule has 1 atom stereocenters. The number of rotatable bonds is 4. The van der Waals surface area contributed by atoms with Gasteiger partial charge in [-0.25, -0.2) is 4.39 Å². The van der Waals surface area contributed by atoms with E-state index in [1.807, 2.05) is 6.07 Å². The fourth-order valence-electron chi connectivity index (χ4n) is 1.62. The molecule has 19 heavy (non-hydrogen) atoms. The summed E-state index contributed by atoms with van der Waals surface area (Å²) in [6, 6.07) is 11.2. The first kappa shape index (κ1) is 13.0. The maximum Gasteiger partial charge on any atom is 0.153 e. The fourth-order valence-corrected chi connectivity index (χ4v) is 1.62. The molecule has 2 rings (SSSR count). The molecule has 96 valence electrons. The Bertz CT molecular complexity index is 595. The predicted octanol–water partition coefficient (Wildman–Crippen LogP) is 2.17. The van der Waals surface area contributed by atoms with E-state index in [1.165, 1.54) is 18.2 Å². The molecular formula is C14H12FN3O. The van der Waals surface area contributed by atoms with Gasteiger partial charge in [0.1, 0.15) is 17.6 Å². The molecule has 1 heterocycles. The summed E-state index contributed by atoms with van der Waals surface area (Å²) in [5, 5.41) is 8.65. The molecule has 4 nitrogen and oxygen atoms in total. The van der Waals surface area contributed by atoms with E-state index in [2.05, 4.69) is 4.98 Å². The highest BCUT2D eigenvalue weighted by Crippen LogP contribution is 2.22. The first-order valence-corrected chi connectivity index (χ1v) is 5.72. The van der Waals surface area contributed by atoms with Crippen LogP contribution in [-0.2, 0) is 0 Å². The van der Waals surface area contributed by atoms with Crippen molar-refractivity contribution in [1.82, 2.24) is 4.98 Å². The Morgan fingerprint density at radius 3 is 2.79 bits per heavy atom. The van der Waals surface area contributed by atoms with Crippen molar-refractivity contribution in [2.24, 2.45) is 5.73 Å². The number of hydrogen-bond acceptors (Lipinski definition) is 4. The quantitative estimate of drug-likeness (QED) is 0.911. The average molecular weight is 257 g/mol. The Morgan fingerprint density at radius 2 is 2.21 bits per heavy atom. The minimum Gasteiger partial charge on any atom is -0.483 e. The zero-order chi connectivity index (χ0) is 13.7. The third-order valence-electron chi connectivity index (χ3n) is 2.57. The lowest BCUT2D eigenvalue weighted by atomic mass is 10.2. The molecule has 5 heteroatoms. The molecule has 1 aromatic heterocycles. The summed E-state index contributed by atoms with van der Waals surface area (Å²) in [4.78, 5) is 4.15. The van der Waals surface area contributed by atoms with Gasteiger partial charge < -0.3 is 10.5 Å². The van der Waals surface area contributed by atoms with Crippen LogP contribution in [0.15, 0.2) is 42.6 Å². The van der Waals surface area contributed by atoms with Crippen molar-refractivity contribution in [2.45, 2.75) is 6.10 Å². The number of nitrogens with two attached hydrogens (primary N) is 1. The third kappa shape index (κ3) is 3.06. The van der Waals surface area contributed by atoms with E-state index in [0.717, 1.165) is 0 Å². The molecule has 2 aromatic rings. The molecule has 0 saturated carbocycles. The van der Waals surface area contributed by atoms with Crippen LogP contribution in [0.3, 0.4) is 0 Å². The predicted molar refractivity (Wildman–Crippen MR) is 67.8 cm³/mol. The number of hydrogen-bond donors (Lipinski definition) is 1. The van der Waals surface area contributed by atoms with Crippen molar-refractivity contribution in [3.63, 3.8) is 0 Å². The van der Waals surface area contributed by atoms with E-state index in [-0.39, 0.29) is 12.1 Å². The van der Waals surface area contributed by atoms with E-state index >= 15 is 0 Å². The summed E-state index contributed by atoms with van der Waals surface area (Å²) < 4.78 is 19.1. The number of ether oxygens (including phenoxy) is 1. The largest absolute Gasteiger partial charge is 0.483 e. The Morgan fingerprint density at radius 1 is 1.37 bits per heavy atom. The molecule has 0 spiro atoms. The summed E-state index contributed by atoms with van der Waals surface area (Å²) in [5.74, 6) is -0.297. The lowest BCUT2D eigenvalue weighted by molar-refractivity contribution is 0.208. The average Bonchev–Trinajstić information content (AvgIpc) is 2.46. The molecular weight excluding hydrogens is 245 g/mol. The topological polar surface area (TPSA) is 71.9 Å². The summed E-state index contributed by atoms with van der Waals surface area (Å²) in [5.41, 5.74) is 6.29. The van der Waals surface area contributed by atoms with Crippen molar-refractivity contribution in [3.05, 3.63) is 59.7 Å². The number of benzene rings is 1. The minimum absolute atomic E-state index is 0.0190. The van der Waals surface area contributed by atoms with Crippen LogP contribution in [-0.4, -0.2) is 11.5 Å². The second-order valence-corrected chi connectivity index (χ2v) is 3.85. The Kier molecular flexibility index (Phi) is 4.06. The van der Waals surface area contributed by atoms with Crippen molar-refractivity contribution in [3.8, 4) is 11.8 Å². The van der Waals surface area contributed by atoms with Gasteiger partial charge in [0.2, 0.25) is 0 Å². The third-order valence-corrected chi connectivity index (χ3v) is 2.57. The minimum atomic E-state index is -0.614. The van der Waals surface area contributed by atoms with Crippen molar-refractivity contribution in [1.29, 1.82) is 5.26 Å². The maximum atomic E-state index is 13.5. The molecule has 1 aromatic carbocycles. The van der Waals surface area contributed by atoms with E-state index in [4.69, 9.17) is 15.7 Å². The van der Waals surface area contributed by atoms with Crippen LogP contribution in [0.5, 0.6) is 5.75 Å². The lowest BCUT2D eigenvalue weighted by Crippen LogP contribution is -2.19. The Hall–Kier alpha value is -2.45. The first-order valence-electron chi connectivity index (χ1n) is 5.72. The van der Waals surface area contributed by atoms with Gasteiger partial charge >= 0.3 is 0 Å². The van der Waals surface area contributed by atoms with Crippen LogP contribution >= 0.6 is 0 Å². The normalized spacial score (nSPS) is 11.6. The number of halogens is 1. The monoisotopic (exact) mass is 257 g/mol. The molecule has 0 saturated heterocycles. The number of pyridine rings is 1. The standard InChI is InChI=1S/C14H12FN3O/c15-12-7-11(5-4-10(12)8-16)19-14(9-17)13-3-1-2-6-18-13/h1-7,14H,9,17H2. The van der Waals surface area contributed by atoms with E-state index in [9.17, 15) is 4.39 Å². The van der Waals surface area contributed by atoms with Crippen molar-refractivity contribution < 1.29 is 9.13 Å². The molecule has 0 radical (unpaired) electrons. The highest BCUT2D eigenvalue weighted by atomic mass is 19.1. The van der Waals surface area contributed by atoms with Gasteiger partial charge in [-0.3, -0.25) is 4.98 Å². The fraction of sp³-hybridized carbons (Fsp3) is 0.143. The molecule has 2 N–H and O–H groups in total. The summed E-state index contributed by atoms with van der Waals surface area (Å²) in [6.45, 7) is 0.221. The Balaban J connectivity index is 2.20. The van der Waals surface area contributed by atoms with Crippen LogP contribution in [0.25, 0.3) is 0 Å². The summed E-state index contributed by atoms with van der Waals surface area (Å²) in [7, 11) is 0. The highest BCUT2D eigenvalue weighted by molar-refractivity contribution is 5.36. The van der Waals surface area contributed by atoms with Crippen molar-refractivity contribution >= 4 is 0 Å². The van der Waals surface area contributed by atoms with Crippen LogP contribution < -0.4 is 10.5 Å². The summed E-state index contributed by atoms with van der Waals surface area (Å²) in [6.07, 6.45) is 1.19. The second kappa shape index (κ2) is 5.94. The van der Waals surface area contributed by atoms with Gasteiger partial charge in [-0.15, -0.1) is 0 Å². The molecule has 1 unspecified atom stereocenters. The van der Waals surface area contributed by atoms with E-state index in [0.29, 0.717) is 11.4 Å². The number of nitrogens with zero attached hydrogens (tertiary/aromatic N) is 2. The van der Waals surface area contributed by atoms with Crippen LogP contribution in [0, 0.1) is 17.1 Å². The molecule has 0 amide bonds. The van der Waals surface area contributed by atoms with E-state index < -0.39 is 11.9 Å². The van der Waals surface area contributed by atoms with Crippen molar-refractivity contribution in [2.75, 3.05) is 6.54 Å². The molecule has 0 aliphatic heterocycles. The van der Waals surface area contributed by atoms with Gasteiger partial charge in [0, 0.05) is 18.8 Å². The van der Waals surface area contributed by atoms with Gasteiger partial charge in [0.25, 0.3) is 0 Å². The molecule has 0 fully saturated rings. The smallest absolute Gasteiger partial charge is 0.153 e. The van der Waals surface area contributed by atoms with Gasteiger partial charge in [0.05, 0.1) is 11.3 Å². The first-order chi connectivity index (χ1) is 9.24. The van der Waals surface area contributed by atoms with Gasteiger partial charge in [-0.05, 0) is 24.3 Å². The molecule has 0 aliphatic rings. The zero-order valence-corrected chi connectivity index (χ0v) is 10.1. The van der Waals surface area contributed by atoms with Gasteiger partial charge in [0.15, 0.2) is 6.10 Å². The molecule has 0 aliphatic carbocycles. The lowest BCUT2D eigenvalue weighted by Gasteiger charge is -2.16. The maximum absolute atomic E-state index is 13.5. The van der Waals surface area contributed by atoms with Crippen LogP contribution in [0.2, 0.25) is 0 Å². The van der Waals surface area contributed by atoms with Crippen LogP contribution in [0.1, 0.15) is 17.4 Å². The Labute approximate surface area is 110 Å². The van der Waals surface area contributed by atoms with Gasteiger partial charge in [-0.1, -0.05) is 6.07 Å². The van der Waals surface area contributed by atoms with Crippen LogP contribution in [0.4, 0.5) is 4.39 Å².